The second-order valence-electron chi connectivity index (χ2n) is 5.69. The standard InChI is InChI=1S/C16H17N3O.C2HF3O2/c17-15(11-13-7-3-1-4-8-13)16(18-12-20-19-16)14-9-5-2-6-10-14;3-2(4,5)1(6)7/h1-10,12,15,19H,11,17H2;(H,6,7). The topological polar surface area (TPSA) is 96.9 Å². The highest BCUT2D eigenvalue weighted by Gasteiger charge is 2.41. The summed E-state index contributed by atoms with van der Waals surface area (Å²) < 4.78 is 31.7. The highest BCUT2D eigenvalue weighted by Crippen LogP contribution is 2.29. The van der Waals surface area contributed by atoms with E-state index in [1.807, 2.05) is 48.5 Å². The van der Waals surface area contributed by atoms with Crippen molar-refractivity contribution in [2.24, 2.45) is 10.7 Å². The number of alkyl halides is 3. The summed E-state index contributed by atoms with van der Waals surface area (Å²) in [5.41, 5.74) is 10.8. The minimum absolute atomic E-state index is 0.231. The van der Waals surface area contributed by atoms with E-state index in [9.17, 15) is 13.2 Å². The number of nitrogens with two attached hydrogens (primary N) is 1. The molecule has 3 rings (SSSR count). The van der Waals surface area contributed by atoms with Crippen molar-refractivity contribution < 1.29 is 27.9 Å². The molecule has 2 unspecified atom stereocenters. The fourth-order valence-corrected chi connectivity index (χ4v) is 2.48. The molecule has 0 aromatic heterocycles. The van der Waals surface area contributed by atoms with Crippen molar-refractivity contribution >= 4 is 12.4 Å². The van der Waals surface area contributed by atoms with Crippen molar-refractivity contribution in [1.82, 2.24) is 5.48 Å². The van der Waals surface area contributed by atoms with Gasteiger partial charge < -0.3 is 15.7 Å². The van der Waals surface area contributed by atoms with Crippen LogP contribution in [0.15, 0.2) is 65.7 Å². The third-order valence-corrected chi connectivity index (χ3v) is 3.82. The van der Waals surface area contributed by atoms with Gasteiger partial charge in [-0.2, -0.15) is 13.2 Å². The van der Waals surface area contributed by atoms with Gasteiger partial charge in [-0.3, -0.25) is 0 Å². The molecule has 0 aliphatic carbocycles. The Kier molecular flexibility index (Phi) is 6.54. The molecule has 2 atom stereocenters. The summed E-state index contributed by atoms with van der Waals surface area (Å²) in [5, 5.41) is 7.12. The minimum Gasteiger partial charge on any atom is -0.475 e. The molecule has 27 heavy (non-hydrogen) atoms. The molecule has 0 saturated heterocycles. The molecule has 0 saturated carbocycles. The molecule has 1 aliphatic rings. The fourth-order valence-electron chi connectivity index (χ4n) is 2.48. The number of benzene rings is 2. The number of nitrogens with one attached hydrogen (secondary N) is 1. The number of carboxylic acid groups (broad SMARTS) is 1. The van der Waals surface area contributed by atoms with Crippen molar-refractivity contribution in [3.8, 4) is 0 Å². The molecule has 2 aromatic rings. The Morgan fingerprint density at radius 1 is 1.15 bits per heavy atom. The lowest BCUT2D eigenvalue weighted by Crippen LogP contribution is -2.52. The number of aliphatic carboxylic acids is 1. The lowest BCUT2D eigenvalue weighted by atomic mass is 9.89. The Bertz CT molecular complexity index is 770. The quantitative estimate of drug-likeness (QED) is 0.757. The van der Waals surface area contributed by atoms with Gasteiger partial charge in [-0.25, -0.2) is 9.79 Å². The Labute approximate surface area is 153 Å². The number of rotatable bonds is 4. The molecule has 9 heteroatoms. The van der Waals surface area contributed by atoms with Crippen molar-refractivity contribution in [2.45, 2.75) is 24.3 Å². The van der Waals surface area contributed by atoms with Gasteiger partial charge in [-0.15, -0.1) is 5.48 Å². The lowest BCUT2D eigenvalue weighted by molar-refractivity contribution is -0.192. The van der Waals surface area contributed by atoms with Crippen molar-refractivity contribution in [3.05, 3.63) is 71.8 Å². The van der Waals surface area contributed by atoms with Gasteiger partial charge in [0.15, 0.2) is 12.1 Å². The first-order chi connectivity index (χ1) is 12.8. The summed E-state index contributed by atoms with van der Waals surface area (Å²) in [6.07, 6.45) is -2.96. The normalized spacial score (nSPS) is 19.6. The number of hydrogen-bond acceptors (Lipinski definition) is 5. The number of hydrogen-bond donors (Lipinski definition) is 3. The first kappa shape index (κ1) is 20.4. The number of aliphatic imine (C=N–C) groups is 1. The number of hydroxylamine groups is 1. The van der Waals surface area contributed by atoms with E-state index in [1.165, 1.54) is 12.0 Å². The van der Waals surface area contributed by atoms with Gasteiger partial charge >= 0.3 is 12.1 Å². The van der Waals surface area contributed by atoms with Crippen molar-refractivity contribution in [1.29, 1.82) is 0 Å². The monoisotopic (exact) mass is 381 g/mol. The van der Waals surface area contributed by atoms with E-state index in [4.69, 9.17) is 20.5 Å². The Balaban J connectivity index is 0.000000321. The molecule has 0 radical (unpaired) electrons. The van der Waals surface area contributed by atoms with Gasteiger partial charge in [-0.05, 0) is 17.5 Å². The van der Waals surface area contributed by atoms with Crippen LogP contribution in [-0.4, -0.2) is 29.7 Å². The average Bonchev–Trinajstić information content (AvgIpc) is 3.14. The van der Waals surface area contributed by atoms with Gasteiger partial charge in [0.25, 0.3) is 0 Å². The van der Waals surface area contributed by atoms with Crippen LogP contribution in [0, 0.1) is 0 Å². The van der Waals surface area contributed by atoms with E-state index >= 15 is 0 Å². The fraction of sp³-hybridized carbons (Fsp3) is 0.222. The maximum absolute atomic E-state index is 10.6. The average molecular weight is 381 g/mol. The summed E-state index contributed by atoms with van der Waals surface area (Å²) in [7, 11) is 0. The van der Waals surface area contributed by atoms with Gasteiger partial charge in [0.1, 0.15) is 0 Å². The smallest absolute Gasteiger partial charge is 0.475 e. The van der Waals surface area contributed by atoms with Crippen LogP contribution >= 0.6 is 0 Å². The summed E-state index contributed by atoms with van der Waals surface area (Å²) in [6.45, 7) is 0. The van der Waals surface area contributed by atoms with Crippen molar-refractivity contribution in [3.63, 3.8) is 0 Å². The predicted molar refractivity (Wildman–Crippen MR) is 92.6 cm³/mol. The largest absolute Gasteiger partial charge is 0.490 e. The lowest BCUT2D eigenvalue weighted by Gasteiger charge is -2.31. The van der Waals surface area contributed by atoms with Crippen LogP contribution < -0.4 is 11.2 Å². The number of halogens is 3. The summed E-state index contributed by atoms with van der Waals surface area (Å²) in [6, 6.07) is 19.9. The van der Waals surface area contributed by atoms with E-state index in [-0.39, 0.29) is 6.04 Å². The minimum atomic E-state index is -5.08. The molecule has 6 nitrogen and oxygen atoms in total. The van der Waals surface area contributed by atoms with Crippen LogP contribution in [0.4, 0.5) is 13.2 Å². The molecular weight excluding hydrogens is 363 g/mol. The molecule has 144 valence electrons. The highest BCUT2D eigenvalue weighted by atomic mass is 19.4. The Hall–Kier alpha value is -2.91. The number of carbonyl (C=O) groups is 1. The second kappa shape index (κ2) is 8.65. The molecule has 0 bridgehead atoms. The van der Waals surface area contributed by atoms with E-state index in [2.05, 4.69) is 22.6 Å². The van der Waals surface area contributed by atoms with Crippen LogP contribution in [0.1, 0.15) is 11.1 Å². The van der Waals surface area contributed by atoms with Crippen LogP contribution in [0.25, 0.3) is 0 Å². The Morgan fingerprint density at radius 2 is 1.67 bits per heavy atom. The Morgan fingerprint density at radius 3 is 2.11 bits per heavy atom. The second-order valence-corrected chi connectivity index (χ2v) is 5.69. The molecule has 0 amide bonds. The zero-order valence-electron chi connectivity index (χ0n) is 14.1. The van der Waals surface area contributed by atoms with Crippen molar-refractivity contribution in [2.75, 3.05) is 0 Å². The summed E-state index contributed by atoms with van der Waals surface area (Å²) >= 11 is 0. The molecular formula is C18H18F3N3O3. The molecule has 1 heterocycles. The molecule has 0 fully saturated rings. The third-order valence-electron chi connectivity index (χ3n) is 3.82. The zero-order valence-corrected chi connectivity index (χ0v) is 14.1. The molecule has 0 spiro atoms. The third kappa shape index (κ3) is 5.28. The van der Waals surface area contributed by atoms with Crippen LogP contribution in [0.3, 0.4) is 0 Å². The van der Waals surface area contributed by atoms with Gasteiger partial charge in [0.05, 0.1) is 6.04 Å². The predicted octanol–water partition coefficient (Wildman–Crippen LogP) is 2.61. The highest BCUT2D eigenvalue weighted by molar-refractivity contribution is 5.73. The zero-order chi connectivity index (χ0) is 19.9. The van der Waals surface area contributed by atoms with Gasteiger partial charge in [-0.1, -0.05) is 60.7 Å². The number of carboxylic acids is 1. The van der Waals surface area contributed by atoms with Crippen LogP contribution in [0.5, 0.6) is 0 Å². The first-order valence-corrected chi connectivity index (χ1v) is 7.87. The number of nitrogens with zero attached hydrogens (tertiary/aromatic N) is 1. The van der Waals surface area contributed by atoms with E-state index in [0.29, 0.717) is 6.42 Å². The maximum Gasteiger partial charge on any atom is 0.490 e. The van der Waals surface area contributed by atoms with E-state index < -0.39 is 17.8 Å². The molecule has 1 aliphatic heterocycles. The summed E-state index contributed by atoms with van der Waals surface area (Å²) in [4.78, 5) is 18.5. The molecule has 4 N–H and O–H groups in total. The SMILES string of the molecule is NC(Cc1ccccc1)C1(c2ccccc2)N=CON1.O=C(O)C(F)(F)F. The maximum atomic E-state index is 10.6. The molecule has 2 aromatic carbocycles. The first-order valence-electron chi connectivity index (χ1n) is 7.87. The van der Waals surface area contributed by atoms with E-state index in [0.717, 1.165) is 5.56 Å². The van der Waals surface area contributed by atoms with Crippen LogP contribution in [0.2, 0.25) is 0 Å². The van der Waals surface area contributed by atoms with Gasteiger partial charge in [0, 0.05) is 0 Å². The van der Waals surface area contributed by atoms with Gasteiger partial charge in [0.2, 0.25) is 0 Å². The summed E-state index contributed by atoms with van der Waals surface area (Å²) in [5.74, 6) is -2.76. The van der Waals surface area contributed by atoms with E-state index in [1.54, 1.807) is 0 Å². The van der Waals surface area contributed by atoms with Crippen LogP contribution in [-0.2, 0) is 21.7 Å².